The number of esters is 1. The van der Waals surface area contributed by atoms with Crippen molar-refractivity contribution < 1.29 is 24.5 Å². The summed E-state index contributed by atoms with van der Waals surface area (Å²) in [4.78, 5) is 17.3. The fourth-order valence-electron chi connectivity index (χ4n) is 2.57. The highest BCUT2D eigenvalue weighted by molar-refractivity contribution is 8.18. The molecule has 29 heavy (non-hydrogen) atoms. The summed E-state index contributed by atoms with van der Waals surface area (Å²) in [5.41, 5.74) is 1.19. The van der Waals surface area contributed by atoms with Crippen LogP contribution in [0, 0.1) is 0 Å². The summed E-state index contributed by atoms with van der Waals surface area (Å²) in [6.07, 6.45) is 1.64. The lowest BCUT2D eigenvalue weighted by atomic mass is 10.1. The topological polar surface area (TPSA) is 88.4 Å². The maximum Gasteiger partial charge on any atom is 0.344 e. The number of phenolic OH excluding ortho intramolecular Hbond substituents is 1. The lowest BCUT2D eigenvalue weighted by Gasteiger charge is -2.04. The standard InChI is InChI=1S/C21H18ClNO5S/c1-3-28-21(26)18-19(25)17(11-12-4-9-16(27-2)15(24)10-12)29-20(18)23-14-7-5-13(22)6-8-14/h4-11,24-25H,3H2,1-2H3/b17-11-,23-20?. The Balaban J connectivity index is 2.02. The van der Waals surface area contributed by atoms with Crippen molar-refractivity contribution in [3.8, 4) is 11.5 Å². The van der Waals surface area contributed by atoms with Crippen LogP contribution in [0.4, 0.5) is 5.69 Å². The monoisotopic (exact) mass is 431 g/mol. The number of phenols is 1. The second-order valence-corrected chi connectivity index (χ2v) is 7.35. The van der Waals surface area contributed by atoms with Crippen LogP contribution in [0.2, 0.25) is 5.02 Å². The SMILES string of the molecule is CCOC(=O)C1=C(O)/C(=C/c2ccc(OC)c(O)c2)SC1=Nc1ccc(Cl)cc1. The zero-order chi connectivity index (χ0) is 21.0. The minimum absolute atomic E-state index is 0.00390. The van der Waals surface area contributed by atoms with Crippen molar-refractivity contribution in [2.75, 3.05) is 13.7 Å². The molecule has 0 saturated heterocycles. The van der Waals surface area contributed by atoms with E-state index in [0.717, 1.165) is 11.8 Å². The summed E-state index contributed by atoms with van der Waals surface area (Å²) in [5, 5.41) is 21.5. The Labute approximate surface area is 177 Å². The maximum atomic E-state index is 12.4. The molecule has 2 N–H and O–H groups in total. The molecule has 0 radical (unpaired) electrons. The molecule has 1 aliphatic rings. The second-order valence-electron chi connectivity index (χ2n) is 5.88. The van der Waals surface area contributed by atoms with Crippen molar-refractivity contribution in [1.82, 2.24) is 0 Å². The first-order chi connectivity index (χ1) is 13.9. The Hall–Kier alpha value is -2.90. The highest BCUT2D eigenvalue weighted by atomic mass is 35.5. The molecule has 1 aliphatic heterocycles. The molecule has 0 saturated carbocycles. The number of benzene rings is 2. The van der Waals surface area contributed by atoms with Gasteiger partial charge in [0, 0.05) is 5.02 Å². The first kappa shape index (κ1) is 20.8. The maximum absolute atomic E-state index is 12.4. The number of hydrogen-bond acceptors (Lipinski definition) is 7. The van der Waals surface area contributed by atoms with E-state index in [4.69, 9.17) is 21.1 Å². The van der Waals surface area contributed by atoms with Gasteiger partial charge in [-0.3, -0.25) is 0 Å². The van der Waals surface area contributed by atoms with Crippen LogP contribution in [0.25, 0.3) is 6.08 Å². The van der Waals surface area contributed by atoms with Crippen LogP contribution < -0.4 is 4.74 Å². The van der Waals surface area contributed by atoms with E-state index >= 15 is 0 Å². The van der Waals surface area contributed by atoms with Gasteiger partial charge in [-0.05, 0) is 55.0 Å². The summed E-state index contributed by atoms with van der Waals surface area (Å²) in [6, 6.07) is 11.6. The van der Waals surface area contributed by atoms with Gasteiger partial charge in [-0.15, -0.1) is 0 Å². The van der Waals surface area contributed by atoms with Crippen molar-refractivity contribution in [3.63, 3.8) is 0 Å². The number of ether oxygens (including phenoxy) is 2. The normalized spacial score (nSPS) is 16.5. The summed E-state index contributed by atoms with van der Waals surface area (Å²) in [5.74, 6) is -0.583. The summed E-state index contributed by atoms with van der Waals surface area (Å²) >= 11 is 7.04. The van der Waals surface area contributed by atoms with Crippen LogP contribution in [-0.4, -0.2) is 34.9 Å². The molecule has 1 heterocycles. The number of aliphatic imine (C=N–C) groups is 1. The minimum atomic E-state index is -0.661. The van der Waals surface area contributed by atoms with Crippen molar-refractivity contribution in [3.05, 3.63) is 69.3 Å². The van der Waals surface area contributed by atoms with Gasteiger partial charge in [-0.1, -0.05) is 29.4 Å². The van der Waals surface area contributed by atoms with Gasteiger partial charge in [0.05, 0.1) is 24.3 Å². The van der Waals surface area contributed by atoms with E-state index in [1.165, 1.54) is 13.2 Å². The number of aliphatic hydroxyl groups excluding tert-OH is 1. The van der Waals surface area contributed by atoms with E-state index < -0.39 is 5.97 Å². The fourth-order valence-corrected chi connectivity index (χ4v) is 3.73. The van der Waals surface area contributed by atoms with Gasteiger partial charge in [0.2, 0.25) is 0 Å². The zero-order valence-corrected chi connectivity index (χ0v) is 17.3. The molecule has 0 spiro atoms. The van der Waals surface area contributed by atoms with E-state index in [9.17, 15) is 15.0 Å². The quantitative estimate of drug-likeness (QED) is 0.629. The van der Waals surface area contributed by atoms with E-state index in [2.05, 4.69) is 4.99 Å². The van der Waals surface area contributed by atoms with Crippen molar-refractivity contribution in [1.29, 1.82) is 0 Å². The van der Waals surface area contributed by atoms with Gasteiger partial charge in [0.1, 0.15) is 16.4 Å². The Morgan fingerprint density at radius 3 is 2.55 bits per heavy atom. The molecular formula is C21H18ClNO5S. The molecule has 0 aliphatic carbocycles. The predicted octanol–water partition coefficient (Wildman–Crippen LogP) is 5.25. The number of nitrogens with zero attached hydrogens (tertiary/aromatic N) is 1. The van der Waals surface area contributed by atoms with Crippen molar-refractivity contribution in [2.24, 2.45) is 4.99 Å². The summed E-state index contributed by atoms with van der Waals surface area (Å²) < 4.78 is 10.1. The Bertz CT molecular complexity index is 1030. The van der Waals surface area contributed by atoms with Gasteiger partial charge in [0.25, 0.3) is 0 Å². The molecule has 150 valence electrons. The van der Waals surface area contributed by atoms with Crippen molar-refractivity contribution >= 4 is 46.1 Å². The Morgan fingerprint density at radius 2 is 1.93 bits per heavy atom. The van der Waals surface area contributed by atoms with Gasteiger partial charge in [0.15, 0.2) is 11.5 Å². The van der Waals surface area contributed by atoms with E-state index in [1.54, 1.807) is 49.4 Å². The predicted molar refractivity (Wildman–Crippen MR) is 115 cm³/mol. The number of carbonyl (C=O) groups is 1. The second kappa shape index (κ2) is 9.07. The van der Waals surface area contributed by atoms with E-state index in [1.807, 2.05) is 0 Å². The number of hydrogen-bond donors (Lipinski definition) is 2. The molecular weight excluding hydrogens is 414 g/mol. The van der Waals surface area contributed by atoms with Crippen LogP contribution in [0.5, 0.6) is 11.5 Å². The molecule has 3 rings (SSSR count). The van der Waals surface area contributed by atoms with Gasteiger partial charge in [-0.25, -0.2) is 9.79 Å². The fraction of sp³-hybridized carbons (Fsp3) is 0.143. The molecule has 0 bridgehead atoms. The third-order valence-corrected chi connectivity index (χ3v) is 5.20. The first-order valence-electron chi connectivity index (χ1n) is 8.64. The molecule has 2 aromatic carbocycles. The third-order valence-electron chi connectivity index (χ3n) is 3.93. The third kappa shape index (κ3) is 4.75. The number of methoxy groups -OCH3 is 1. The minimum Gasteiger partial charge on any atom is -0.506 e. The molecule has 6 nitrogen and oxygen atoms in total. The highest BCUT2D eigenvalue weighted by Crippen LogP contribution is 2.41. The Kier molecular flexibility index (Phi) is 6.51. The molecule has 0 amide bonds. The number of rotatable bonds is 5. The van der Waals surface area contributed by atoms with Gasteiger partial charge in [-0.2, -0.15) is 0 Å². The van der Waals surface area contributed by atoms with Crippen LogP contribution in [0.15, 0.2) is 63.7 Å². The molecule has 0 atom stereocenters. The van der Waals surface area contributed by atoms with Gasteiger partial charge < -0.3 is 19.7 Å². The lowest BCUT2D eigenvalue weighted by Crippen LogP contribution is -2.12. The van der Waals surface area contributed by atoms with E-state index in [-0.39, 0.29) is 23.7 Å². The molecule has 0 fully saturated rings. The van der Waals surface area contributed by atoms with Crippen LogP contribution in [0.1, 0.15) is 12.5 Å². The molecule has 8 heteroatoms. The first-order valence-corrected chi connectivity index (χ1v) is 9.84. The van der Waals surface area contributed by atoms with Crippen molar-refractivity contribution in [2.45, 2.75) is 6.92 Å². The summed E-state index contributed by atoms with van der Waals surface area (Å²) in [7, 11) is 1.46. The smallest absolute Gasteiger partial charge is 0.344 e. The number of halogens is 1. The average Bonchev–Trinajstić information content (AvgIpc) is 2.99. The Morgan fingerprint density at radius 1 is 1.21 bits per heavy atom. The van der Waals surface area contributed by atoms with Crippen LogP contribution in [-0.2, 0) is 9.53 Å². The van der Waals surface area contributed by atoms with Gasteiger partial charge >= 0.3 is 5.97 Å². The van der Waals surface area contributed by atoms with E-state index in [0.29, 0.717) is 32.0 Å². The lowest BCUT2D eigenvalue weighted by molar-refractivity contribution is -0.138. The molecule has 0 unspecified atom stereocenters. The highest BCUT2D eigenvalue weighted by Gasteiger charge is 2.33. The number of aromatic hydroxyl groups is 1. The number of carbonyl (C=O) groups excluding carboxylic acids is 1. The average molecular weight is 432 g/mol. The van der Waals surface area contributed by atoms with Crippen LogP contribution >= 0.6 is 23.4 Å². The van der Waals surface area contributed by atoms with Crippen LogP contribution in [0.3, 0.4) is 0 Å². The number of thioether (sulfide) groups is 1. The molecule has 2 aromatic rings. The molecule has 0 aromatic heterocycles. The zero-order valence-electron chi connectivity index (χ0n) is 15.7. The largest absolute Gasteiger partial charge is 0.506 e. The number of aliphatic hydroxyl groups is 1. The summed E-state index contributed by atoms with van der Waals surface area (Å²) in [6.45, 7) is 1.85.